The summed E-state index contributed by atoms with van der Waals surface area (Å²) in [5, 5.41) is 6.34. The Balaban J connectivity index is 1.01. The van der Waals surface area contributed by atoms with Crippen LogP contribution in [0.1, 0.15) is 116 Å². The first-order valence-electron chi connectivity index (χ1n) is 37.1. The number of anilines is 3. The number of aromatic nitrogens is 3. The average Bonchev–Trinajstić information content (AvgIpc) is 1.68. The van der Waals surface area contributed by atoms with Crippen LogP contribution in [0.5, 0.6) is 11.5 Å². The molecule has 0 saturated heterocycles. The molecule has 95 heavy (non-hydrogen) atoms. The minimum absolute atomic E-state index is 0.000103. The van der Waals surface area contributed by atoms with Crippen molar-refractivity contribution >= 4 is 128 Å². The largest absolute Gasteiger partial charge is 0.458 e. The van der Waals surface area contributed by atoms with Crippen molar-refractivity contribution in [1.29, 1.82) is 0 Å². The minimum Gasteiger partial charge on any atom is -0.458 e. The molecule has 0 saturated carbocycles. The third-order valence-corrected chi connectivity index (χ3v) is 20.4. The van der Waals surface area contributed by atoms with Gasteiger partial charge in [-0.05, 0) is 151 Å². The van der Waals surface area contributed by atoms with Gasteiger partial charge in [-0.25, -0.2) is 0 Å². The van der Waals surface area contributed by atoms with E-state index in [4.69, 9.17) is 11.9 Å². The van der Waals surface area contributed by atoms with Crippen LogP contribution >= 0.6 is 0 Å². The lowest BCUT2D eigenvalue weighted by atomic mass is 9.34. The number of para-hydroxylation sites is 4. The van der Waals surface area contributed by atoms with Gasteiger partial charge >= 0.3 is 0 Å². The van der Waals surface area contributed by atoms with Crippen LogP contribution in [-0.4, -0.2) is 20.4 Å². The number of benzene rings is 12. The number of fused-ring (bicyclic) bond motifs is 17. The summed E-state index contributed by atoms with van der Waals surface area (Å²) in [6, 6.07) is 63.7. The van der Waals surface area contributed by atoms with E-state index in [9.17, 15) is 8.22 Å². The average molecular weight is 1240 g/mol. The molecule has 6 heterocycles. The van der Waals surface area contributed by atoms with E-state index in [1.54, 1.807) is 4.57 Å². The van der Waals surface area contributed by atoms with Gasteiger partial charge in [0.15, 0.2) is 0 Å². The molecule has 0 fully saturated rings. The van der Waals surface area contributed by atoms with Gasteiger partial charge in [0.1, 0.15) is 22.7 Å². The molecular formula is C88H75BN4O2. The Labute approximate surface area is 566 Å². The monoisotopic (exact) mass is 1240 g/mol. The maximum atomic E-state index is 9.84. The fourth-order valence-corrected chi connectivity index (χ4v) is 15.4. The van der Waals surface area contributed by atoms with Crippen LogP contribution in [0, 0.1) is 0 Å². The molecule has 6 nitrogen and oxygen atoms in total. The van der Waals surface area contributed by atoms with Crippen molar-refractivity contribution in [2.75, 3.05) is 4.90 Å². The number of furan rings is 1. The van der Waals surface area contributed by atoms with Crippen molar-refractivity contribution in [2.45, 2.75) is 105 Å². The summed E-state index contributed by atoms with van der Waals surface area (Å²) in [6.45, 7) is 26.5. The summed E-state index contributed by atoms with van der Waals surface area (Å²) in [6.07, 6.45) is 0. The zero-order chi connectivity index (χ0) is 71.9. The van der Waals surface area contributed by atoms with Crippen LogP contribution in [-0.2, 0) is 21.7 Å². The van der Waals surface area contributed by atoms with Gasteiger partial charge in [0.2, 0.25) is 0 Å². The van der Waals surface area contributed by atoms with Crippen molar-refractivity contribution in [3.63, 3.8) is 0 Å². The quantitative estimate of drug-likeness (QED) is 0.161. The smallest absolute Gasteiger partial charge is 0.261 e. The highest BCUT2D eigenvalue weighted by Crippen LogP contribution is 2.51. The van der Waals surface area contributed by atoms with Crippen molar-refractivity contribution in [1.82, 2.24) is 13.7 Å². The number of hydrogen-bond acceptors (Lipinski definition) is 3. The molecule has 0 atom stereocenters. The van der Waals surface area contributed by atoms with Gasteiger partial charge in [0.25, 0.3) is 6.71 Å². The van der Waals surface area contributed by atoms with E-state index in [1.807, 2.05) is 48.5 Å². The van der Waals surface area contributed by atoms with Crippen LogP contribution in [0.4, 0.5) is 17.1 Å². The second-order valence-corrected chi connectivity index (χ2v) is 30.4. The predicted octanol–water partition coefficient (Wildman–Crippen LogP) is 22.1. The third-order valence-electron chi connectivity index (χ3n) is 20.4. The zero-order valence-corrected chi connectivity index (χ0v) is 55.6. The molecule has 18 rings (SSSR count). The molecule has 462 valence electrons. The number of hydrogen-bond donors (Lipinski definition) is 0. The van der Waals surface area contributed by atoms with Gasteiger partial charge in [-0.1, -0.05) is 216 Å². The van der Waals surface area contributed by atoms with E-state index in [0.717, 1.165) is 105 Å². The molecule has 4 aromatic heterocycles. The fraction of sp³-hybridized carbons (Fsp3) is 0.182. The molecular weight excluding hydrogens is 1160 g/mol. The first-order chi connectivity index (χ1) is 49.0. The molecule has 0 amide bonds. The van der Waals surface area contributed by atoms with E-state index in [0.29, 0.717) is 34.0 Å². The SMILES string of the molecule is [2H]c1c([2H])c([2H])c2c(c1[2H])c1c([2H])c([2H])c([2H])c([2H])c1n2-c1cc2c3c(c1)N(c1ccccc1-c1ccccc1)c1cc(-n4c5ccc(C(C)(C)C)cc5c5cc(C(C)(C)C)ccc54)ccc1B3c1c(cc(-n3c4ccc(C(C)(C)C)cc4c4cc(C(C)(C)C)ccc43)c3c1oc1ccccc13)O2. The van der Waals surface area contributed by atoms with Crippen LogP contribution in [0.25, 0.3) is 116 Å². The second-order valence-electron chi connectivity index (χ2n) is 30.4. The maximum absolute atomic E-state index is 9.84. The van der Waals surface area contributed by atoms with Crippen molar-refractivity contribution in [2.24, 2.45) is 0 Å². The van der Waals surface area contributed by atoms with E-state index in [-0.39, 0.29) is 43.5 Å². The molecule has 0 spiro atoms. The fourth-order valence-electron chi connectivity index (χ4n) is 15.4. The first-order valence-corrected chi connectivity index (χ1v) is 33.1. The Morgan fingerprint density at radius 2 is 0.842 bits per heavy atom. The summed E-state index contributed by atoms with van der Waals surface area (Å²) in [5.74, 6) is 0.958. The second kappa shape index (κ2) is 20.0. The van der Waals surface area contributed by atoms with Crippen molar-refractivity contribution in [3.05, 3.63) is 259 Å². The molecule has 7 heteroatoms. The lowest BCUT2D eigenvalue weighted by Crippen LogP contribution is -2.59. The van der Waals surface area contributed by atoms with Crippen molar-refractivity contribution < 1.29 is 20.1 Å². The molecule has 12 aromatic carbocycles. The summed E-state index contributed by atoms with van der Waals surface area (Å²) >= 11 is 0. The topological polar surface area (TPSA) is 40.4 Å². The lowest BCUT2D eigenvalue weighted by molar-refractivity contribution is 0.486. The van der Waals surface area contributed by atoms with E-state index < -0.39 is 55.1 Å². The Kier molecular flexibility index (Phi) is 10.4. The van der Waals surface area contributed by atoms with Gasteiger partial charge in [-0.3, -0.25) is 0 Å². The number of nitrogens with zero attached hydrogens (tertiary/aromatic N) is 4. The Hall–Kier alpha value is -10.5. The lowest BCUT2D eigenvalue weighted by Gasteiger charge is -2.41. The number of rotatable bonds is 5. The molecule has 0 N–H and O–H groups in total. The Morgan fingerprint density at radius 1 is 0.358 bits per heavy atom. The molecule has 0 bridgehead atoms. The minimum atomic E-state index is -0.611. The summed E-state index contributed by atoms with van der Waals surface area (Å²) < 4.78 is 97.2. The molecule has 0 unspecified atom stereocenters. The zero-order valence-electron chi connectivity index (χ0n) is 63.6. The highest BCUT2D eigenvalue weighted by molar-refractivity contribution is 7.00. The van der Waals surface area contributed by atoms with E-state index in [1.165, 1.54) is 22.3 Å². The molecule has 0 aliphatic carbocycles. The summed E-state index contributed by atoms with van der Waals surface area (Å²) in [7, 11) is 0. The standard InChI is InChI=1S/C88H75BN4O2/c1-85(2,3)53-34-40-71-63(44-53)64-45-54(86(4,5)6)35-41-72(64)90(71)57-38-39-67-75(48-57)93(68-30-20-16-26-59(68)52-24-14-13-15-25-52)77-49-58(91-69-31-21-17-27-60(69)61-28-18-22-32-70(61)91)50-79-82(77)89(67)83-80(94-79)51-76(81-62-29-19-23-33-78(62)95-84(81)83)92-73-42-36-55(87(7,8)9)46-65(73)66-47-56(88(10,11)12)37-43-74(66)92/h13-51H,1-12H3/i17D,18D,21D,22D,27D,28D,31D,32D. The highest BCUT2D eigenvalue weighted by atomic mass is 16.5. The van der Waals surface area contributed by atoms with Gasteiger partial charge in [-0.2, -0.15) is 0 Å². The van der Waals surface area contributed by atoms with Gasteiger partial charge < -0.3 is 27.8 Å². The first kappa shape index (κ1) is 49.1. The Morgan fingerprint density at radius 3 is 1.41 bits per heavy atom. The number of ether oxygens (including phenoxy) is 1. The normalized spacial score (nSPS) is 14.7. The van der Waals surface area contributed by atoms with Gasteiger partial charge in [-0.15, -0.1) is 0 Å². The van der Waals surface area contributed by atoms with Gasteiger partial charge in [0.05, 0.1) is 66.5 Å². The van der Waals surface area contributed by atoms with Crippen LogP contribution in [0.15, 0.2) is 241 Å². The van der Waals surface area contributed by atoms with E-state index >= 15 is 0 Å². The van der Waals surface area contributed by atoms with Crippen molar-refractivity contribution in [3.8, 4) is 39.7 Å². The third kappa shape index (κ3) is 8.56. The highest BCUT2D eigenvalue weighted by Gasteiger charge is 2.46. The van der Waals surface area contributed by atoms with Crippen LogP contribution < -0.4 is 26.0 Å². The van der Waals surface area contributed by atoms with Crippen LogP contribution in [0.2, 0.25) is 0 Å². The van der Waals surface area contributed by atoms with Crippen LogP contribution in [0.3, 0.4) is 0 Å². The predicted molar refractivity (Wildman–Crippen MR) is 403 cm³/mol. The van der Waals surface area contributed by atoms with E-state index in [2.05, 4.69) is 237 Å². The maximum Gasteiger partial charge on any atom is 0.261 e. The molecule has 2 aliphatic heterocycles. The molecule has 2 aliphatic rings. The summed E-state index contributed by atoms with van der Waals surface area (Å²) in [4.78, 5) is 2.30. The summed E-state index contributed by atoms with van der Waals surface area (Å²) in [5.41, 5.74) is 18.7. The molecule has 0 radical (unpaired) electrons. The Bertz CT molecular complexity index is 6230. The van der Waals surface area contributed by atoms with Gasteiger partial charge in [0, 0.05) is 77.9 Å². The molecule has 16 aromatic rings.